The maximum atomic E-state index is 5.81. The Balaban J connectivity index is 2.19. The molecule has 0 saturated heterocycles. The molecule has 3 heteroatoms. The zero-order chi connectivity index (χ0) is 13.0. The fourth-order valence-electron chi connectivity index (χ4n) is 2.61. The maximum absolute atomic E-state index is 5.81. The molecule has 2 nitrogen and oxygen atoms in total. The molecule has 0 aliphatic carbocycles. The van der Waals surface area contributed by atoms with Crippen LogP contribution in [0.2, 0.25) is 0 Å². The van der Waals surface area contributed by atoms with Crippen molar-refractivity contribution in [2.24, 2.45) is 0 Å². The summed E-state index contributed by atoms with van der Waals surface area (Å²) in [4.78, 5) is 0. The van der Waals surface area contributed by atoms with E-state index in [2.05, 4.69) is 40.3 Å². The van der Waals surface area contributed by atoms with Crippen LogP contribution in [0.1, 0.15) is 49.8 Å². The van der Waals surface area contributed by atoms with Gasteiger partial charge in [-0.25, -0.2) is 0 Å². The van der Waals surface area contributed by atoms with Gasteiger partial charge in [0.2, 0.25) is 0 Å². The number of fused-ring (bicyclic) bond motifs is 1. The van der Waals surface area contributed by atoms with E-state index in [-0.39, 0.29) is 0 Å². The highest BCUT2D eigenvalue weighted by Crippen LogP contribution is 2.37. The predicted molar refractivity (Wildman–Crippen MR) is 79.3 cm³/mol. The number of nitrogens with one attached hydrogen (secondary N) is 1. The third-order valence-corrected chi connectivity index (χ3v) is 4.06. The summed E-state index contributed by atoms with van der Waals surface area (Å²) in [7, 11) is 2.04. The molecule has 1 aliphatic rings. The highest BCUT2D eigenvalue weighted by molar-refractivity contribution is 9.10. The highest BCUT2D eigenvalue weighted by atomic mass is 79.9. The van der Waals surface area contributed by atoms with Crippen LogP contribution in [0, 0.1) is 0 Å². The molecule has 100 valence electrons. The van der Waals surface area contributed by atoms with E-state index in [1.165, 1.54) is 36.8 Å². The van der Waals surface area contributed by atoms with Crippen molar-refractivity contribution < 1.29 is 4.74 Å². The molecule has 2 rings (SSSR count). The van der Waals surface area contributed by atoms with Gasteiger partial charge < -0.3 is 10.1 Å². The van der Waals surface area contributed by atoms with Gasteiger partial charge in [0.05, 0.1) is 6.61 Å². The molecule has 1 unspecified atom stereocenters. The molecule has 0 amide bonds. The molecule has 0 aromatic heterocycles. The van der Waals surface area contributed by atoms with Gasteiger partial charge in [0.25, 0.3) is 0 Å². The van der Waals surface area contributed by atoms with Gasteiger partial charge >= 0.3 is 0 Å². The molecule has 0 radical (unpaired) electrons. The fourth-order valence-corrected chi connectivity index (χ4v) is 3.13. The van der Waals surface area contributed by atoms with E-state index in [1.807, 2.05) is 7.05 Å². The van der Waals surface area contributed by atoms with Crippen LogP contribution in [0.5, 0.6) is 5.75 Å². The van der Waals surface area contributed by atoms with Crippen LogP contribution in [0.15, 0.2) is 16.6 Å². The Bertz CT molecular complexity index is 406. The van der Waals surface area contributed by atoms with Crippen LogP contribution >= 0.6 is 15.9 Å². The van der Waals surface area contributed by atoms with Crippen molar-refractivity contribution in [1.82, 2.24) is 5.32 Å². The third kappa shape index (κ3) is 3.07. The van der Waals surface area contributed by atoms with Gasteiger partial charge in [-0.05, 0) is 31.2 Å². The summed E-state index contributed by atoms with van der Waals surface area (Å²) in [6.45, 7) is 3.07. The predicted octanol–water partition coefficient (Wildman–Crippen LogP) is 4.22. The van der Waals surface area contributed by atoms with E-state index in [0.717, 1.165) is 23.2 Å². The van der Waals surface area contributed by atoms with Gasteiger partial charge in [0.15, 0.2) is 0 Å². The Morgan fingerprint density at radius 3 is 2.94 bits per heavy atom. The summed E-state index contributed by atoms with van der Waals surface area (Å²) in [6.07, 6.45) is 6.05. The van der Waals surface area contributed by atoms with Crippen LogP contribution in [0.25, 0.3) is 0 Å². The summed E-state index contributed by atoms with van der Waals surface area (Å²) in [5, 5.41) is 3.43. The number of rotatable bonds is 6. The average molecular weight is 312 g/mol. The zero-order valence-corrected chi connectivity index (χ0v) is 12.8. The number of halogens is 1. The van der Waals surface area contributed by atoms with E-state index >= 15 is 0 Å². The average Bonchev–Trinajstić information content (AvgIpc) is 2.82. The molecule has 1 heterocycles. The molecule has 0 saturated carbocycles. The lowest BCUT2D eigenvalue weighted by Gasteiger charge is -2.19. The first-order valence-electron chi connectivity index (χ1n) is 6.88. The molecular formula is C15H22BrNO. The second-order valence-corrected chi connectivity index (χ2v) is 5.83. The van der Waals surface area contributed by atoms with Crippen LogP contribution in [0.4, 0.5) is 0 Å². The van der Waals surface area contributed by atoms with E-state index < -0.39 is 0 Å². The van der Waals surface area contributed by atoms with Crippen LogP contribution in [0.3, 0.4) is 0 Å². The lowest BCUT2D eigenvalue weighted by molar-refractivity contribution is 0.347. The quantitative estimate of drug-likeness (QED) is 0.794. The van der Waals surface area contributed by atoms with E-state index in [4.69, 9.17) is 4.74 Å². The number of ether oxygens (including phenoxy) is 1. The lowest BCUT2D eigenvalue weighted by atomic mass is 9.97. The summed E-state index contributed by atoms with van der Waals surface area (Å²) < 4.78 is 6.98. The van der Waals surface area contributed by atoms with Crippen molar-refractivity contribution in [3.63, 3.8) is 0 Å². The minimum absolute atomic E-state index is 0.404. The Morgan fingerprint density at radius 2 is 2.22 bits per heavy atom. The first-order valence-corrected chi connectivity index (χ1v) is 7.68. The van der Waals surface area contributed by atoms with Crippen molar-refractivity contribution in [3.8, 4) is 5.75 Å². The monoisotopic (exact) mass is 311 g/mol. The van der Waals surface area contributed by atoms with Crippen molar-refractivity contribution in [2.45, 2.75) is 45.1 Å². The Morgan fingerprint density at radius 1 is 1.39 bits per heavy atom. The molecule has 0 fully saturated rings. The zero-order valence-electron chi connectivity index (χ0n) is 11.3. The lowest BCUT2D eigenvalue weighted by Crippen LogP contribution is -2.17. The molecule has 1 atom stereocenters. The molecular weight excluding hydrogens is 290 g/mol. The third-order valence-electron chi connectivity index (χ3n) is 3.60. The minimum Gasteiger partial charge on any atom is -0.493 e. The first-order chi connectivity index (χ1) is 8.76. The summed E-state index contributed by atoms with van der Waals surface area (Å²) in [5.74, 6) is 1.12. The molecule has 1 aliphatic heterocycles. The van der Waals surface area contributed by atoms with Crippen molar-refractivity contribution in [3.05, 3.63) is 27.7 Å². The van der Waals surface area contributed by atoms with Crippen LogP contribution in [-0.4, -0.2) is 13.7 Å². The molecule has 1 N–H and O–H groups in total. The molecule has 1 aromatic carbocycles. The van der Waals surface area contributed by atoms with Crippen LogP contribution in [-0.2, 0) is 6.42 Å². The highest BCUT2D eigenvalue weighted by Gasteiger charge is 2.22. The normalized spacial score (nSPS) is 15.3. The van der Waals surface area contributed by atoms with Gasteiger partial charge in [-0.3, -0.25) is 0 Å². The standard InChI is InChI=1S/C15H22BrNO/c1-3-4-5-6-14(17-2)13-10-12(16)9-11-7-8-18-15(11)13/h9-10,14,17H,3-8H2,1-2H3. The Kier molecular flexibility index (Phi) is 5.07. The van der Waals surface area contributed by atoms with Crippen LogP contribution < -0.4 is 10.1 Å². The van der Waals surface area contributed by atoms with Crippen molar-refractivity contribution >= 4 is 15.9 Å². The van der Waals surface area contributed by atoms with Gasteiger partial charge in [-0.1, -0.05) is 42.1 Å². The van der Waals surface area contributed by atoms with Crippen molar-refractivity contribution in [1.29, 1.82) is 0 Å². The topological polar surface area (TPSA) is 21.3 Å². The molecule has 18 heavy (non-hydrogen) atoms. The second kappa shape index (κ2) is 6.58. The smallest absolute Gasteiger partial charge is 0.127 e. The van der Waals surface area contributed by atoms with E-state index in [1.54, 1.807) is 0 Å². The van der Waals surface area contributed by atoms with Gasteiger partial charge in [0.1, 0.15) is 5.75 Å². The number of unbranched alkanes of at least 4 members (excludes halogenated alkanes) is 2. The SMILES string of the molecule is CCCCCC(NC)c1cc(Br)cc2c1OCC2. The molecule has 0 spiro atoms. The first kappa shape index (κ1) is 13.9. The largest absolute Gasteiger partial charge is 0.493 e. The van der Waals surface area contributed by atoms with E-state index in [9.17, 15) is 0 Å². The fraction of sp³-hybridized carbons (Fsp3) is 0.600. The summed E-state index contributed by atoms with van der Waals surface area (Å²) in [5.41, 5.74) is 2.66. The second-order valence-electron chi connectivity index (χ2n) is 4.92. The van der Waals surface area contributed by atoms with Gasteiger partial charge in [0, 0.05) is 22.5 Å². The maximum Gasteiger partial charge on any atom is 0.127 e. The molecule has 0 bridgehead atoms. The molecule has 1 aromatic rings. The number of hydrogen-bond acceptors (Lipinski definition) is 2. The Hall–Kier alpha value is -0.540. The number of hydrogen-bond donors (Lipinski definition) is 1. The minimum atomic E-state index is 0.404. The van der Waals surface area contributed by atoms with Gasteiger partial charge in [-0.15, -0.1) is 0 Å². The summed E-state index contributed by atoms with van der Waals surface area (Å²) >= 11 is 3.61. The van der Waals surface area contributed by atoms with Crippen molar-refractivity contribution in [2.75, 3.05) is 13.7 Å². The number of benzene rings is 1. The van der Waals surface area contributed by atoms with Gasteiger partial charge in [-0.2, -0.15) is 0 Å². The summed E-state index contributed by atoms with van der Waals surface area (Å²) in [6, 6.07) is 4.79. The Labute approximate surface area is 118 Å². The van der Waals surface area contributed by atoms with E-state index in [0.29, 0.717) is 6.04 Å².